The Bertz CT molecular complexity index is 303. The second kappa shape index (κ2) is 50.1. The van der Waals surface area contributed by atoms with E-state index in [-0.39, 0.29) is 24.8 Å². The minimum absolute atomic E-state index is 0. The smallest absolute Gasteiger partial charge is 0.0526 e. The van der Waals surface area contributed by atoms with Crippen LogP contribution in [0.2, 0.25) is 0 Å². The minimum Gasteiger partial charge on any atom is -1.00 e. The highest BCUT2D eigenvalue weighted by atomic mass is 35.5. The highest BCUT2D eigenvalue weighted by Crippen LogP contribution is 2.15. The second-order valence-corrected chi connectivity index (χ2v) is 13.7. The van der Waals surface area contributed by atoms with Crippen LogP contribution >= 0.6 is 18.5 Å². The van der Waals surface area contributed by atoms with E-state index in [1.807, 2.05) is 0 Å². The lowest BCUT2D eigenvalue weighted by atomic mass is 10.0. The third-order valence-corrected chi connectivity index (χ3v) is 9.21. The van der Waals surface area contributed by atoms with Gasteiger partial charge < -0.3 is 24.8 Å². The zero-order valence-corrected chi connectivity index (χ0v) is 32.6. The van der Waals surface area contributed by atoms with Crippen LogP contribution in [0.25, 0.3) is 0 Å². The van der Waals surface area contributed by atoms with E-state index in [9.17, 15) is 0 Å². The predicted molar refractivity (Wildman–Crippen MR) is 191 cm³/mol. The van der Waals surface area contributed by atoms with E-state index < -0.39 is 0 Å². The van der Waals surface area contributed by atoms with Crippen molar-refractivity contribution in [1.82, 2.24) is 0 Å². The molecule has 4 heteroatoms. The van der Waals surface area contributed by atoms with Gasteiger partial charge in [0.05, 0.1) is 12.3 Å². The van der Waals surface area contributed by atoms with Crippen LogP contribution in [0, 0.1) is 0 Å². The van der Waals surface area contributed by atoms with Crippen LogP contribution in [-0.2, 0) is 0 Å². The Morgan fingerprint density at radius 2 is 0.350 bits per heavy atom. The molecule has 0 radical (unpaired) electrons. The molecule has 0 nitrogen and oxygen atoms in total. The lowest BCUT2D eigenvalue weighted by molar-refractivity contribution is -0.00100. The molecule has 0 amide bonds. The highest BCUT2D eigenvalue weighted by molar-refractivity contribution is 7.16. The molecule has 0 saturated carbocycles. The fourth-order valence-electron chi connectivity index (χ4n) is 5.45. The molecule has 0 spiro atoms. The molecule has 0 aliphatic heterocycles. The maximum atomic E-state index is 2.30. The summed E-state index contributed by atoms with van der Waals surface area (Å²) in [5.41, 5.74) is 0. The van der Waals surface area contributed by atoms with E-state index in [1.54, 1.807) is 0 Å². The lowest BCUT2D eigenvalue weighted by Crippen LogP contribution is -3.00. The topological polar surface area (TPSA) is 0 Å². The van der Waals surface area contributed by atoms with E-state index in [1.165, 1.54) is 218 Å². The van der Waals surface area contributed by atoms with Gasteiger partial charge >= 0.3 is 0 Å². The quantitative estimate of drug-likeness (QED) is 0.0519. The van der Waals surface area contributed by atoms with Gasteiger partial charge in [0.1, 0.15) is 0 Å². The van der Waals surface area contributed by atoms with Crippen LogP contribution in [0.5, 0.6) is 0 Å². The van der Waals surface area contributed by atoms with Crippen molar-refractivity contribution in [3.63, 3.8) is 0 Å². The van der Waals surface area contributed by atoms with Gasteiger partial charge in [0.25, 0.3) is 0 Å². The van der Waals surface area contributed by atoms with Crippen LogP contribution in [-0.4, -0.2) is 12.3 Å². The van der Waals surface area contributed by atoms with Crippen molar-refractivity contribution in [2.45, 2.75) is 219 Å². The number of hydrogen-bond donors (Lipinski definition) is 0. The molecule has 0 aromatic rings. The largest absolute Gasteiger partial charge is 1.00 e. The third kappa shape index (κ3) is 52.1. The first-order valence-corrected chi connectivity index (χ1v) is 20.4. The maximum absolute atomic E-state index is 2.30. The fraction of sp³-hybridized carbons (Fsp3) is 1.00. The number of halogens is 2. The van der Waals surface area contributed by atoms with Crippen molar-refractivity contribution >= 4 is 18.5 Å². The fourth-order valence-corrected chi connectivity index (χ4v) is 6.16. The first-order chi connectivity index (χ1) is 18.8. The Kier molecular flexibility index (Phi) is 60.5. The Balaban J connectivity index is -0.000000309. The molecule has 2 unspecified atom stereocenters. The number of rotatable bonds is 32. The Morgan fingerprint density at radius 1 is 0.225 bits per heavy atom. The summed E-state index contributed by atoms with van der Waals surface area (Å²) in [6, 6.07) is 0. The molecular weight excluding hydrogens is 565 g/mol. The van der Waals surface area contributed by atoms with Crippen molar-refractivity contribution in [2.75, 3.05) is 12.3 Å². The van der Waals surface area contributed by atoms with E-state index in [0.29, 0.717) is 0 Å². The van der Waals surface area contributed by atoms with Crippen LogP contribution in [0.15, 0.2) is 0 Å². The van der Waals surface area contributed by atoms with E-state index >= 15 is 0 Å². The van der Waals surface area contributed by atoms with Crippen molar-refractivity contribution in [3.8, 4) is 0 Å². The molecular formula is C36H80Cl2P2. The van der Waals surface area contributed by atoms with Gasteiger partial charge in [-0.2, -0.15) is 0 Å². The molecule has 0 aromatic heterocycles. The lowest BCUT2D eigenvalue weighted by Gasteiger charge is -2.03. The molecule has 0 saturated heterocycles. The van der Waals surface area contributed by atoms with E-state index in [4.69, 9.17) is 0 Å². The predicted octanol–water partition coefficient (Wildman–Crippen LogP) is 7.72. The molecule has 0 N–H and O–H groups in total. The Morgan fingerprint density at radius 3 is 0.475 bits per heavy atom. The van der Waals surface area contributed by atoms with Crippen molar-refractivity contribution in [3.05, 3.63) is 0 Å². The summed E-state index contributed by atoms with van der Waals surface area (Å²) in [5, 5.41) is 0. The minimum atomic E-state index is 0. The van der Waals surface area contributed by atoms with Gasteiger partial charge in [-0.1, -0.05) is 194 Å². The summed E-state index contributed by atoms with van der Waals surface area (Å²) < 4.78 is 0. The van der Waals surface area contributed by atoms with Crippen molar-refractivity contribution in [1.29, 1.82) is 0 Å². The van der Waals surface area contributed by atoms with Crippen LogP contribution in [0.4, 0.5) is 0 Å². The van der Waals surface area contributed by atoms with Crippen molar-refractivity contribution in [2.24, 2.45) is 0 Å². The van der Waals surface area contributed by atoms with Gasteiger partial charge in [-0.05, 0) is 44.2 Å². The molecule has 0 bridgehead atoms. The average molecular weight is 646 g/mol. The van der Waals surface area contributed by atoms with Gasteiger partial charge in [-0.25, -0.2) is 0 Å². The Hall–Kier alpha value is 1.44. The van der Waals surface area contributed by atoms with Gasteiger partial charge in [-0.3, -0.25) is 0 Å². The molecule has 2 atom stereocenters. The molecule has 0 fully saturated rings. The van der Waals surface area contributed by atoms with E-state index in [0.717, 1.165) is 0 Å². The molecule has 0 heterocycles. The SMILES string of the molecule is CCCCCCCCCCCCCCCCCC[PH3+].CCCCCCCCCCCCCCCCCC[PH3+].[Cl-].[Cl-]. The van der Waals surface area contributed by atoms with Gasteiger partial charge in [0.15, 0.2) is 0 Å². The van der Waals surface area contributed by atoms with Gasteiger partial charge in [0, 0.05) is 0 Å². The second-order valence-electron chi connectivity index (χ2n) is 12.3. The summed E-state index contributed by atoms with van der Waals surface area (Å²) >= 11 is 0. The molecule has 0 rings (SSSR count). The maximum Gasteiger partial charge on any atom is 0.0526 e. The number of unbranched alkanes of at least 4 members (excludes halogenated alkanes) is 30. The first kappa shape index (κ1) is 48.3. The first-order valence-electron chi connectivity index (χ1n) is 18.4. The molecule has 0 aliphatic rings. The highest BCUT2D eigenvalue weighted by Gasteiger charge is 1.95. The summed E-state index contributed by atoms with van der Waals surface area (Å²) in [6.07, 6.45) is 49.9. The summed E-state index contributed by atoms with van der Waals surface area (Å²) in [7, 11) is 4.24. The Labute approximate surface area is 273 Å². The molecule has 0 aromatic carbocycles. The van der Waals surface area contributed by atoms with Crippen molar-refractivity contribution < 1.29 is 24.8 Å². The normalized spacial score (nSPS) is 10.7. The summed E-state index contributed by atoms with van der Waals surface area (Å²) in [6.45, 7) is 4.59. The third-order valence-electron chi connectivity index (χ3n) is 8.21. The zero-order valence-electron chi connectivity index (χ0n) is 28.2. The summed E-state index contributed by atoms with van der Waals surface area (Å²) in [4.78, 5) is 0. The van der Waals surface area contributed by atoms with Gasteiger partial charge in [-0.15, -0.1) is 0 Å². The standard InChI is InChI=1S/2C18H39P.2ClH/c2*1-2-3-4-5-6-7-8-9-10-11-12-13-14-15-16-17-18-19;;/h2*2-19H2,1H3;2*1H. The summed E-state index contributed by atoms with van der Waals surface area (Å²) in [5.74, 6) is 0. The van der Waals surface area contributed by atoms with E-state index in [2.05, 4.69) is 32.3 Å². The average Bonchev–Trinajstić information content (AvgIpc) is 2.93. The zero-order chi connectivity index (χ0) is 28.0. The van der Waals surface area contributed by atoms with Crippen LogP contribution < -0.4 is 24.8 Å². The number of hydrogen-bond acceptors (Lipinski definition) is 0. The molecule has 0 aliphatic carbocycles. The monoisotopic (exact) mass is 645 g/mol. The van der Waals surface area contributed by atoms with Crippen LogP contribution in [0.3, 0.4) is 0 Å². The van der Waals surface area contributed by atoms with Gasteiger partial charge in [0.2, 0.25) is 0 Å². The molecule has 248 valence electrons. The molecule has 40 heavy (non-hydrogen) atoms. The van der Waals surface area contributed by atoms with Crippen LogP contribution in [0.1, 0.15) is 219 Å².